The zero-order chi connectivity index (χ0) is 18.2. The summed E-state index contributed by atoms with van der Waals surface area (Å²) in [6, 6.07) is 16.8. The van der Waals surface area contributed by atoms with Gasteiger partial charge in [-0.05, 0) is 40.3 Å². The number of hydrogen-bond donors (Lipinski definition) is 1. The van der Waals surface area contributed by atoms with E-state index in [0.717, 1.165) is 17.0 Å². The highest BCUT2D eigenvalue weighted by Crippen LogP contribution is 2.17. The molecule has 0 unspecified atom stereocenters. The first-order chi connectivity index (χ1) is 12.8. The Morgan fingerprint density at radius 2 is 2.12 bits per heavy atom. The molecule has 0 bridgehead atoms. The quantitative estimate of drug-likeness (QED) is 0.389. The van der Waals surface area contributed by atoms with Crippen molar-refractivity contribution in [3.63, 3.8) is 0 Å². The average Bonchev–Trinajstić information content (AvgIpc) is 3.16. The largest absolute Gasteiger partial charge is 0.497 e. The van der Waals surface area contributed by atoms with Crippen molar-refractivity contribution in [1.82, 2.24) is 25.6 Å². The number of tetrazole rings is 1. The number of para-hydroxylation sites is 1. The molecule has 3 aromatic rings. The predicted octanol–water partition coefficient (Wildman–Crippen LogP) is 1.91. The molecule has 0 atom stereocenters. The van der Waals surface area contributed by atoms with E-state index in [1.807, 2.05) is 54.6 Å². The molecule has 0 fully saturated rings. The van der Waals surface area contributed by atoms with Crippen molar-refractivity contribution >= 4 is 23.9 Å². The summed E-state index contributed by atoms with van der Waals surface area (Å²) >= 11 is 1.23. The van der Waals surface area contributed by atoms with Crippen molar-refractivity contribution in [2.75, 3.05) is 12.9 Å². The van der Waals surface area contributed by atoms with Crippen molar-refractivity contribution in [1.29, 1.82) is 0 Å². The number of nitrogens with zero attached hydrogens (tertiary/aromatic N) is 5. The highest BCUT2D eigenvalue weighted by atomic mass is 32.2. The van der Waals surface area contributed by atoms with Crippen LogP contribution in [0.5, 0.6) is 5.75 Å². The van der Waals surface area contributed by atoms with Crippen LogP contribution < -0.4 is 10.2 Å². The second kappa shape index (κ2) is 8.77. The van der Waals surface area contributed by atoms with Gasteiger partial charge in [-0.3, -0.25) is 4.79 Å². The van der Waals surface area contributed by atoms with Gasteiger partial charge in [0.05, 0.1) is 24.8 Å². The number of thioether (sulfide) groups is 1. The Morgan fingerprint density at radius 1 is 1.27 bits per heavy atom. The molecule has 0 radical (unpaired) electrons. The third kappa shape index (κ3) is 4.67. The molecule has 0 aliphatic heterocycles. The zero-order valence-corrected chi connectivity index (χ0v) is 14.8. The molecule has 132 valence electrons. The van der Waals surface area contributed by atoms with Crippen LogP contribution in [0.1, 0.15) is 5.56 Å². The molecule has 1 aromatic heterocycles. The summed E-state index contributed by atoms with van der Waals surface area (Å²) in [7, 11) is 1.60. The number of amides is 1. The highest BCUT2D eigenvalue weighted by Gasteiger charge is 2.10. The molecular weight excluding hydrogens is 352 g/mol. The number of carbonyl (C=O) groups excluding carboxylic acids is 1. The summed E-state index contributed by atoms with van der Waals surface area (Å²) in [5.41, 5.74) is 4.14. The Bertz CT molecular complexity index is 897. The fourth-order valence-electron chi connectivity index (χ4n) is 2.06. The Hall–Kier alpha value is -3.20. The first-order valence-corrected chi connectivity index (χ1v) is 8.67. The van der Waals surface area contributed by atoms with E-state index in [0.29, 0.717) is 5.16 Å². The fraction of sp³-hybridized carbons (Fsp3) is 0.118. The van der Waals surface area contributed by atoms with Crippen LogP contribution in [0.4, 0.5) is 0 Å². The molecule has 0 saturated carbocycles. The van der Waals surface area contributed by atoms with Crippen molar-refractivity contribution in [3.05, 3.63) is 60.2 Å². The van der Waals surface area contributed by atoms with Crippen LogP contribution >= 0.6 is 11.8 Å². The number of rotatable bonds is 7. The third-order valence-electron chi connectivity index (χ3n) is 3.27. The number of methoxy groups -OCH3 is 1. The Morgan fingerprint density at radius 3 is 2.92 bits per heavy atom. The van der Waals surface area contributed by atoms with E-state index in [-0.39, 0.29) is 11.7 Å². The van der Waals surface area contributed by atoms with E-state index < -0.39 is 0 Å². The molecule has 2 aromatic carbocycles. The lowest BCUT2D eigenvalue weighted by atomic mass is 10.2. The summed E-state index contributed by atoms with van der Waals surface area (Å²) in [4.78, 5) is 12.0. The lowest BCUT2D eigenvalue weighted by Crippen LogP contribution is -2.20. The van der Waals surface area contributed by atoms with Gasteiger partial charge in [0.1, 0.15) is 5.75 Å². The normalized spacial score (nSPS) is 10.8. The highest BCUT2D eigenvalue weighted by molar-refractivity contribution is 7.99. The van der Waals surface area contributed by atoms with Gasteiger partial charge in [-0.2, -0.15) is 9.78 Å². The van der Waals surface area contributed by atoms with Gasteiger partial charge in [0.2, 0.25) is 5.16 Å². The number of nitrogens with one attached hydrogen (secondary N) is 1. The number of carbonyl (C=O) groups is 1. The molecule has 1 N–H and O–H groups in total. The average molecular weight is 368 g/mol. The molecule has 9 heteroatoms. The summed E-state index contributed by atoms with van der Waals surface area (Å²) < 4.78 is 6.72. The van der Waals surface area contributed by atoms with Crippen molar-refractivity contribution in [2.45, 2.75) is 5.16 Å². The molecule has 0 spiro atoms. The Balaban J connectivity index is 1.53. The molecule has 0 saturated heterocycles. The van der Waals surface area contributed by atoms with Crippen LogP contribution in [-0.2, 0) is 4.79 Å². The van der Waals surface area contributed by atoms with Gasteiger partial charge in [-0.1, -0.05) is 42.1 Å². The number of hydrazone groups is 1. The van der Waals surface area contributed by atoms with E-state index in [9.17, 15) is 4.79 Å². The third-order valence-corrected chi connectivity index (χ3v) is 4.19. The molecule has 26 heavy (non-hydrogen) atoms. The first-order valence-electron chi connectivity index (χ1n) is 7.69. The summed E-state index contributed by atoms with van der Waals surface area (Å²) in [6.07, 6.45) is 1.55. The molecule has 0 aliphatic carbocycles. The molecule has 0 aliphatic rings. The van der Waals surface area contributed by atoms with Crippen LogP contribution in [0.15, 0.2) is 64.9 Å². The molecule has 8 nitrogen and oxygen atoms in total. The summed E-state index contributed by atoms with van der Waals surface area (Å²) in [6.45, 7) is 0. The van der Waals surface area contributed by atoms with Gasteiger partial charge in [-0.15, -0.1) is 5.10 Å². The van der Waals surface area contributed by atoms with E-state index >= 15 is 0 Å². The second-order valence-electron chi connectivity index (χ2n) is 5.07. The van der Waals surface area contributed by atoms with Gasteiger partial charge >= 0.3 is 0 Å². The van der Waals surface area contributed by atoms with E-state index in [2.05, 4.69) is 26.1 Å². The lowest BCUT2D eigenvalue weighted by molar-refractivity contribution is -0.118. The molecule has 1 amide bonds. The van der Waals surface area contributed by atoms with Crippen molar-refractivity contribution in [2.24, 2.45) is 5.10 Å². The number of benzene rings is 2. The summed E-state index contributed by atoms with van der Waals surface area (Å²) in [5.74, 6) is 0.614. The van der Waals surface area contributed by atoms with Gasteiger partial charge in [-0.25, -0.2) is 5.43 Å². The topological polar surface area (TPSA) is 94.3 Å². The van der Waals surface area contributed by atoms with Crippen LogP contribution in [0.25, 0.3) is 5.69 Å². The van der Waals surface area contributed by atoms with Crippen LogP contribution in [0.3, 0.4) is 0 Å². The maximum Gasteiger partial charge on any atom is 0.250 e. The van der Waals surface area contributed by atoms with E-state index in [1.54, 1.807) is 18.0 Å². The zero-order valence-electron chi connectivity index (χ0n) is 13.9. The smallest absolute Gasteiger partial charge is 0.250 e. The van der Waals surface area contributed by atoms with Crippen LogP contribution in [-0.4, -0.2) is 45.2 Å². The van der Waals surface area contributed by atoms with Gasteiger partial charge in [0.25, 0.3) is 5.91 Å². The van der Waals surface area contributed by atoms with E-state index in [1.165, 1.54) is 11.8 Å². The number of aromatic nitrogens is 4. The molecule has 3 rings (SSSR count). The molecular formula is C17H16N6O2S. The number of ether oxygens (including phenoxy) is 1. The lowest BCUT2D eigenvalue weighted by Gasteiger charge is -2.03. The second-order valence-corrected chi connectivity index (χ2v) is 6.01. The Kier molecular flexibility index (Phi) is 5.94. The maximum absolute atomic E-state index is 12.0. The SMILES string of the molecule is COc1cccc(C=NNC(=O)CSc2nnnn2-c2ccccc2)c1. The van der Waals surface area contributed by atoms with Gasteiger partial charge < -0.3 is 4.74 Å². The Labute approximate surface area is 154 Å². The fourth-order valence-corrected chi connectivity index (χ4v) is 2.75. The standard InChI is InChI=1S/C17H16N6O2S/c1-25-15-9-5-6-13(10-15)11-18-19-16(24)12-26-17-20-21-22-23(17)14-7-3-2-4-8-14/h2-11H,12H2,1H3,(H,19,24). The van der Waals surface area contributed by atoms with Crippen LogP contribution in [0, 0.1) is 0 Å². The van der Waals surface area contributed by atoms with Crippen molar-refractivity contribution < 1.29 is 9.53 Å². The van der Waals surface area contributed by atoms with Gasteiger partial charge in [0.15, 0.2) is 0 Å². The maximum atomic E-state index is 12.0. The summed E-state index contributed by atoms with van der Waals surface area (Å²) in [5, 5.41) is 16.0. The van der Waals surface area contributed by atoms with Gasteiger partial charge in [0, 0.05) is 0 Å². The first kappa shape index (κ1) is 17.6. The minimum atomic E-state index is -0.253. The van der Waals surface area contributed by atoms with Crippen LogP contribution in [0.2, 0.25) is 0 Å². The minimum absolute atomic E-state index is 0.142. The predicted molar refractivity (Wildman–Crippen MR) is 98.6 cm³/mol. The molecule has 1 heterocycles. The minimum Gasteiger partial charge on any atom is -0.497 e. The van der Waals surface area contributed by atoms with Crippen molar-refractivity contribution in [3.8, 4) is 11.4 Å². The van der Waals surface area contributed by atoms with E-state index in [4.69, 9.17) is 4.74 Å². The number of hydrogen-bond acceptors (Lipinski definition) is 7. The monoisotopic (exact) mass is 368 g/mol.